The lowest BCUT2D eigenvalue weighted by Crippen LogP contribution is -2.41. The summed E-state index contributed by atoms with van der Waals surface area (Å²) in [5.41, 5.74) is 6.54. The third-order valence-corrected chi connectivity index (χ3v) is 7.76. The van der Waals surface area contributed by atoms with Gasteiger partial charge in [0, 0.05) is 37.7 Å². The van der Waals surface area contributed by atoms with E-state index in [0.29, 0.717) is 57.9 Å². The van der Waals surface area contributed by atoms with E-state index in [4.69, 9.17) is 19.9 Å². The summed E-state index contributed by atoms with van der Waals surface area (Å²) in [4.78, 5) is 33.8. The second-order valence-corrected chi connectivity index (χ2v) is 10.7. The molecule has 2 atom stereocenters. The first-order valence-electron chi connectivity index (χ1n) is 14.3. The number of benzene rings is 1. The number of aromatic nitrogens is 2. The van der Waals surface area contributed by atoms with E-state index >= 15 is 0 Å². The molecule has 2 saturated heterocycles. The minimum atomic E-state index is -4.71. The number of carbonyl (C=O) groups is 2. The van der Waals surface area contributed by atoms with Crippen molar-refractivity contribution in [1.82, 2.24) is 15.3 Å². The van der Waals surface area contributed by atoms with Gasteiger partial charge in [-0.1, -0.05) is 24.3 Å². The highest BCUT2D eigenvalue weighted by Gasteiger charge is 2.45. The Hall–Kier alpha value is -3.61. The highest BCUT2D eigenvalue weighted by Crippen LogP contribution is 2.41. The molecule has 42 heavy (non-hydrogen) atoms. The lowest BCUT2D eigenvalue weighted by molar-refractivity contribution is -0.198. The standard InChI is InChI=1S/C29H38F3N5O5/c1-3-40-24(38)7-5-6-19-8-10-20(11-9-19)25(29(30,31)32)42-23-16-22(35-27(33)36-23)37-14-12-28(13-15-37)17-21(34-18-28)26(39)41-4-2/h8-11,16,21,25,34H,3-7,12-15,17-18H2,1-2H3,(H2,33,35,36)/t21?,25-/m1/s1. The topological polar surface area (TPSA) is 129 Å². The van der Waals surface area contributed by atoms with Gasteiger partial charge in [-0.05, 0) is 56.9 Å². The van der Waals surface area contributed by atoms with Gasteiger partial charge in [0.05, 0.1) is 13.2 Å². The van der Waals surface area contributed by atoms with Crippen molar-refractivity contribution in [3.63, 3.8) is 0 Å². The van der Waals surface area contributed by atoms with E-state index in [9.17, 15) is 22.8 Å². The summed E-state index contributed by atoms with van der Waals surface area (Å²) in [6, 6.07) is 6.97. The van der Waals surface area contributed by atoms with Crippen LogP contribution in [0.1, 0.15) is 63.2 Å². The Morgan fingerprint density at radius 2 is 1.81 bits per heavy atom. The van der Waals surface area contributed by atoms with Crippen LogP contribution in [0.2, 0.25) is 0 Å². The highest BCUT2D eigenvalue weighted by atomic mass is 19.4. The minimum Gasteiger partial charge on any atom is -0.466 e. The van der Waals surface area contributed by atoms with Gasteiger partial charge in [0.2, 0.25) is 17.9 Å². The van der Waals surface area contributed by atoms with E-state index in [-0.39, 0.29) is 47.2 Å². The molecule has 1 aromatic heterocycles. The van der Waals surface area contributed by atoms with Crippen molar-refractivity contribution in [2.24, 2.45) is 5.41 Å². The number of anilines is 2. The predicted molar refractivity (Wildman–Crippen MR) is 149 cm³/mol. The Morgan fingerprint density at radius 1 is 1.12 bits per heavy atom. The molecule has 10 nitrogen and oxygen atoms in total. The molecule has 1 aromatic carbocycles. The Kier molecular flexibility index (Phi) is 10.1. The minimum absolute atomic E-state index is 0.0574. The van der Waals surface area contributed by atoms with Gasteiger partial charge < -0.3 is 30.2 Å². The summed E-state index contributed by atoms with van der Waals surface area (Å²) in [6.07, 6.45) is -3.46. The summed E-state index contributed by atoms with van der Waals surface area (Å²) in [6.45, 7) is 6.02. The quantitative estimate of drug-likeness (QED) is 0.367. The number of nitrogens with zero attached hydrogens (tertiary/aromatic N) is 3. The van der Waals surface area contributed by atoms with Crippen LogP contribution in [0, 0.1) is 5.41 Å². The van der Waals surface area contributed by atoms with Gasteiger partial charge >= 0.3 is 18.1 Å². The first kappa shape index (κ1) is 31.3. The number of hydrogen-bond acceptors (Lipinski definition) is 10. The van der Waals surface area contributed by atoms with Crippen molar-refractivity contribution in [3.8, 4) is 5.88 Å². The number of nitrogen functional groups attached to an aromatic ring is 1. The van der Waals surface area contributed by atoms with Gasteiger partial charge in [-0.3, -0.25) is 9.59 Å². The zero-order valence-electron chi connectivity index (χ0n) is 23.9. The van der Waals surface area contributed by atoms with Crippen LogP contribution < -0.4 is 20.7 Å². The third kappa shape index (κ3) is 8.02. The molecule has 0 amide bonds. The van der Waals surface area contributed by atoms with E-state index < -0.39 is 12.3 Å². The van der Waals surface area contributed by atoms with Gasteiger partial charge in [0.1, 0.15) is 11.9 Å². The maximum absolute atomic E-state index is 14.1. The van der Waals surface area contributed by atoms with Crippen LogP contribution in [0.5, 0.6) is 5.88 Å². The van der Waals surface area contributed by atoms with Crippen LogP contribution in [0.15, 0.2) is 30.3 Å². The normalized spacial score (nSPS) is 19.0. The largest absolute Gasteiger partial charge is 0.466 e. The smallest absolute Gasteiger partial charge is 0.429 e. The number of hydrogen-bond donors (Lipinski definition) is 2. The number of alkyl halides is 3. The number of halogens is 3. The van der Waals surface area contributed by atoms with Gasteiger partial charge in [-0.25, -0.2) is 0 Å². The summed E-state index contributed by atoms with van der Waals surface area (Å²) in [7, 11) is 0. The van der Waals surface area contributed by atoms with Crippen molar-refractivity contribution in [2.75, 3.05) is 43.5 Å². The second-order valence-electron chi connectivity index (χ2n) is 10.7. The van der Waals surface area contributed by atoms with E-state index in [1.165, 1.54) is 18.2 Å². The summed E-state index contributed by atoms with van der Waals surface area (Å²) >= 11 is 0. The molecule has 4 rings (SSSR count). The number of ether oxygens (including phenoxy) is 3. The van der Waals surface area contributed by atoms with Gasteiger partial charge in [0.15, 0.2) is 0 Å². The molecule has 230 valence electrons. The number of carbonyl (C=O) groups excluding carboxylic acids is 2. The number of nitrogens with one attached hydrogen (secondary N) is 1. The molecular formula is C29H38F3N5O5. The monoisotopic (exact) mass is 593 g/mol. The average molecular weight is 594 g/mol. The Bertz CT molecular complexity index is 1220. The van der Waals surface area contributed by atoms with E-state index in [2.05, 4.69) is 15.3 Å². The van der Waals surface area contributed by atoms with Crippen LogP contribution in [0.25, 0.3) is 0 Å². The number of rotatable bonds is 11. The lowest BCUT2D eigenvalue weighted by Gasteiger charge is -2.39. The van der Waals surface area contributed by atoms with E-state index in [0.717, 1.165) is 18.4 Å². The predicted octanol–water partition coefficient (Wildman–Crippen LogP) is 4.14. The number of piperidine rings is 1. The summed E-state index contributed by atoms with van der Waals surface area (Å²) in [5.74, 6) is -0.623. The molecule has 13 heteroatoms. The van der Waals surface area contributed by atoms with E-state index in [1.54, 1.807) is 26.0 Å². The fraction of sp³-hybridized carbons (Fsp3) is 0.586. The van der Waals surface area contributed by atoms with Crippen LogP contribution in [-0.4, -0.2) is 67.0 Å². The zero-order valence-corrected chi connectivity index (χ0v) is 23.9. The molecule has 1 unspecified atom stereocenters. The molecule has 2 fully saturated rings. The molecule has 2 aliphatic rings. The van der Waals surface area contributed by atoms with Crippen LogP contribution in [0.3, 0.4) is 0 Å². The fourth-order valence-electron chi connectivity index (χ4n) is 5.54. The van der Waals surface area contributed by atoms with E-state index in [1.807, 2.05) is 4.90 Å². The zero-order chi connectivity index (χ0) is 30.3. The summed E-state index contributed by atoms with van der Waals surface area (Å²) < 4.78 is 57.8. The molecule has 0 bridgehead atoms. The van der Waals surface area contributed by atoms with Gasteiger partial charge in [0.25, 0.3) is 0 Å². The fourth-order valence-corrected chi connectivity index (χ4v) is 5.54. The molecule has 0 saturated carbocycles. The lowest BCUT2D eigenvalue weighted by atomic mass is 9.76. The van der Waals surface area contributed by atoms with Crippen molar-refractivity contribution in [3.05, 3.63) is 41.5 Å². The number of aryl methyl sites for hydroxylation is 1. The number of nitrogens with two attached hydrogens (primary N) is 1. The maximum atomic E-state index is 14.1. The molecule has 3 heterocycles. The van der Waals surface area contributed by atoms with Crippen molar-refractivity contribution in [2.45, 2.75) is 70.7 Å². The van der Waals surface area contributed by atoms with Crippen LogP contribution >= 0.6 is 0 Å². The molecule has 3 N–H and O–H groups in total. The first-order valence-corrected chi connectivity index (χ1v) is 14.3. The highest BCUT2D eigenvalue weighted by molar-refractivity contribution is 5.76. The number of esters is 2. The van der Waals surface area contributed by atoms with Crippen molar-refractivity contribution >= 4 is 23.7 Å². The Labute approximate surface area is 243 Å². The molecule has 0 aliphatic carbocycles. The van der Waals surface area contributed by atoms with Crippen molar-refractivity contribution in [1.29, 1.82) is 0 Å². The van der Waals surface area contributed by atoms with Gasteiger partial charge in [-0.2, -0.15) is 23.1 Å². The summed E-state index contributed by atoms with van der Waals surface area (Å²) in [5, 5.41) is 3.26. The van der Waals surface area contributed by atoms with Crippen LogP contribution in [-0.2, 0) is 25.5 Å². The molecule has 2 aliphatic heterocycles. The third-order valence-electron chi connectivity index (χ3n) is 7.76. The van der Waals surface area contributed by atoms with Gasteiger partial charge in [-0.15, -0.1) is 0 Å². The Balaban J connectivity index is 1.40. The Morgan fingerprint density at radius 3 is 2.45 bits per heavy atom. The maximum Gasteiger partial charge on any atom is 0.429 e. The molecular weight excluding hydrogens is 555 g/mol. The molecule has 0 radical (unpaired) electrons. The van der Waals surface area contributed by atoms with Crippen molar-refractivity contribution < 1.29 is 37.0 Å². The molecule has 2 aromatic rings. The first-order chi connectivity index (χ1) is 20.0. The average Bonchev–Trinajstić information content (AvgIpc) is 3.35. The van der Waals surface area contributed by atoms with Crippen LogP contribution in [0.4, 0.5) is 24.9 Å². The second kappa shape index (κ2) is 13.6. The SMILES string of the molecule is CCOC(=O)CCCc1ccc([C@@H](Oc2cc(N3CCC4(CC3)CNC(C(=O)OCC)C4)nc(N)n2)C(F)(F)F)cc1. The molecule has 1 spiro atoms.